The summed E-state index contributed by atoms with van der Waals surface area (Å²) in [5, 5.41) is 23.7. The molecule has 0 aliphatic carbocycles. The van der Waals surface area contributed by atoms with Crippen LogP contribution in [-0.4, -0.2) is 27.9 Å². The second kappa shape index (κ2) is 8.31. The summed E-state index contributed by atoms with van der Waals surface area (Å²) in [6, 6.07) is 6.81. The van der Waals surface area contributed by atoms with E-state index in [9.17, 15) is 9.59 Å². The summed E-state index contributed by atoms with van der Waals surface area (Å²) >= 11 is 0. The van der Waals surface area contributed by atoms with Crippen LogP contribution in [0.2, 0.25) is 0 Å². The average molecular weight is 320 g/mol. The van der Waals surface area contributed by atoms with Crippen molar-refractivity contribution in [3.63, 3.8) is 0 Å². The van der Waals surface area contributed by atoms with Crippen molar-refractivity contribution in [2.75, 3.05) is 5.32 Å². The van der Waals surface area contributed by atoms with Crippen molar-refractivity contribution in [3.05, 3.63) is 29.8 Å². The molecule has 0 atom stereocenters. The first-order valence-electron chi connectivity index (χ1n) is 7.64. The molecule has 0 aliphatic rings. The first kappa shape index (κ1) is 18.7. The number of carbonyl (C=O) groups excluding carboxylic acids is 1. The Labute approximate surface area is 136 Å². The highest BCUT2D eigenvalue weighted by atomic mass is 16.4. The lowest BCUT2D eigenvalue weighted by molar-refractivity contribution is -0.136. The van der Waals surface area contributed by atoms with Crippen LogP contribution >= 0.6 is 0 Å². The average Bonchev–Trinajstić information content (AvgIpc) is 2.49. The fourth-order valence-corrected chi connectivity index (χ4v) is 2.26. The van der Waals surface area contributed by atoms with Gasteiger partial charge in [-0.15, -0.1) is 0 Å². The van der Waals surface area contributed by atoms with Crippen molar-refractivity contribution in [2.24, 2.45) is 10.6 Å². The lowest BCUT2D eigenvalue weighted by atomic mass is 9.87. The molecule has 126 valence electrons. The highest BCUT2D eigenvalue weighted by molar-refractivity contribution is 6.02. The van der Waals surface area contributed by atoms with Crippen LogP contribution < -0.4 is 5.32 Å². The monoisotopic (exact) mass is 320 g/mol. The van der Waals surface area contributed by atoms with Crippen LogP contribution in [0.1, 0.15) is 52.0 Å². The normalized spacial score (nSPS) is 12.0. The molecule has 0 fully saturated rings. The second-order valence-corrected chi connectivity index (χ2v) is 6.11. The molecular weight excluding hydrogens is 296 g/mol. The zero-order valence-corrected chi connectivity index (χ0v) is 13.8. The molecule has 1 aromatic rings. The number of carboxylic acids is 1. The van der Waals surface area contributed by atoms with Crippen LogP contribution in [0.3, 0.4) is 0 Å². The maximum atomic E-state index is 12.2. The van der Waals surface area contributed by atoms with Crippen LogP contribution in [0.25, 0.3) is 0 Å². The lowest BCUT2D eigenvalue weighted by Gasteiger charge is -2.22. The number of anilines is 1. The first-order chi connectivity index (χ1) is 10.8. The molecule has 0 radical (unpaired) electrons. The summed E-state index contributed by atoms with van der Waals surface area (Å²) in [6.45, 7) is 5.85. The van der Waals surface area contributed by atoms with E-state index in [1.807, 2.05) is 20.8 Å². The van der Waals surface area contributed by atoms with E-state index in [0.717, 1.165) is 12.8 Å². The summed E-state index contributed by atoms with van der Waals surface area (Å²) in [5.74, 6) is -0.998. The van der Waals surface area contributed by atoms with E-state index in [1.165, 1.54) is 0 Å². The maximum Gasteiger partial charge on any atom is 0.303 e. The van der Waals surface area contributed by atoms with Crippen molar-refractivity contribution >= 4 is 23.3 Å². The Kier molecular flexibility index (Phi) is 6.75. The molecule has 0 heterocycles. The number of hydrogen-bond donors (Lipinski definition) is 3. The Balaban J connectivity index is 2.76. The van der Waals surface area contributed by atoms with Crippen molar-refractivity contribution < 1.29 is 19.9 Å². The Bertz CT molecular complexity index is 577. The summed E-state index contributed by atoms with van der Waals surface area (Å²) < 4.78 is 0. The van der Waals surface area contributed by atoms with Gasteiger partial charge in [-0.1, -0.05) is 44.5 Å². The highest BCUT2D eigenvalue weighted by Crippen LogP contribution is 2.24. The van der Waals surface area contributed by atoms with Crippen molar-refractivity contribution in [1.82, 2.24) is 0 Å². The van der Waals surface area contributed by atoms with Crippen LogP contribution in [-0.2, 0) is 9.59 Å². The first-order valence-corrected chi connectivity index (χ1v) is 7.64. The molecule has 23 heavy (non-hydrogen) atoms. The van der Waals surface area contributed by atoms with Crippen LogP contribution in [0.5, 0.6) is 0 Å². The molecule has 0 saturated heterocycles. The minimum absolute atomic E-state index is 0.0472. The van der Waals surface area contributed by atoms with Gasteiger partial charge < -0.3 is 15.6 Å². The molecule has 1 rings (SSSR count). The number of rotatable bonds is 8. The number of hydrogen-bond acceptors (Lipinski definition) is 4. The summed E-state index contributed by atoms with van der Waals surface area (Å²) in [7, 11) is 0. The number of oxime groups is 1. The third-order valence-electron chi connectivity index (χ3n) is 3.66. The Morgan fingerprint density at radius 2 is 1.78 bits per heavy atom. The van der Waals surface area contributed by atoms with E-state index < -0.39 is 11.4 Å². The highest BCUT2D eigenvalue weighted by Gasteiger charge is 2.26. The van der Waals surface area contributed by atoms with Gasteiger partial charge in [0.25, 0.3) is 0 Å². The Morgan fingerprint density at radius 1 is 1.17 bits per heavy atom. The fraction of sp³-hybridized carbons (Fsp3) is 0.471. The standard InChI is InChI=1S/C17H24N2O4/c1-4-11-17(2,3)16(22)18-13-7-5-12(6-8-13)14(19-23)9-10-15(20)21/h5-8,23H,4,9-11H2,1-3H3,(H,18,22)(H,20,21)/b19-14-. The molecular formula is C17H24N2O4. The minimum atomic E-state index is -0.951. The van der Waals surface area contributed by atoms with Gasteiger partial charge >= 0.3 is 5.97 Å². The van der Waals surface area contributed by atoms with E-state index >= 15 is 0 Å². The lowest BCUT2D eigenvalue weighted by Crippen LogP contribution is -2.30. The third kappa shape index (κ3) is 5.73. The molecule has 0 spiro atoms. The summed E-state index contributed by atoms with van der Waals surface area (Å²) in [6.07, 6.45) is 1.76. The number of carboxylic acid groups (broad SMARTS) is 1. The van der Waals surface area contributed by atoms with Crippen molar-refractivity contribution in [1.29, 1.82) is 0 Å². The number of amides is 1. The van der Waals surface area contributed by atoms with E-state index in [-0.39, 0.29) is 18.7 Å². The molecule has 1 aromatic carbocycles. The summed E-state index contributed by atoms with van der Waals surface area (Å²) in [4.78, 5) is 22.8. The molecule has 1 amide bonds. The predicted octanol–water partition coefficient (Wildman–Crippen LogP) is 3.49. The van der Waals surface area contributed by atoms with Gasteiger partial charge in [0.2, 0.25) is 5.91 Å². The van der Waals surface area contributed by atoms with Crippen molar-refractivity contribution in [2.45, 2.75) is 46.5 Å². The van der Waals surface area contributed by atoms with E-state index in [1.54, 1.807) is 24.3 Å². The van der Waals surface area contributed by atoms with Gasteiger partial charge in [-0.05, 0) is 24.1 Å². The number of carbonyl (C=O) groups is 2. The Hall–Kier alpha value is -2.37. The zero-order chi connectivity index (χ0) is 17.5. The largest absolute Gasteiger partial charge is 0.481 e. The zero-order valence-electron chi connectivity index (χ0n) is 13.8. The molecule has 0 aliphatic heterocycles. The molecule has 3 N–H and O–H groups in total. The van der Waals surface area contributed by atoms with Crippen LogP contribution in [0.4, 0.5) is 5.69 Å². The predicted molar refractivity (Wildman–Crippen MR) is 89.0 cm³/mol. The second-order valence-electron chi connectivity index (χ2n) is 6.11. The van der Waals surface area contributed by atoms with Gasteiger partial charge in [0.1, 0.15) is 0 Å². The Morgan fingerprint density at radius 3 is 2.26 bits per heavy atom. The molecule has 0 aromatic heterocycles. The van der Waals surface area contributed by atoms with E-state index in [4.69, 9.17) is 10.3 Å². The van der Waals surface area contributed by atoms with E-state index in [0.29, 0.717) is 17.0 Å². The fourth-order valence-electron chi connectivity index (χ4n) is 2.26. The topological polar surface area (TPSA) is 99.0 Å². The minimum Gasteiger partial charge on any atom is -0.481 e. The van der Waals surface area contributed by atoms with Crippen LogP contribution in [0, 0.1) is 5.41 Å². The van der Waals surface area contributed by atoms with Gasteiger partial charge in [0.15, 0.2) is 0 Å². The number of benzene rings is 1. The van der Waals surface area contributed by atoms with Gasteiger partial charge in [-0.2, -0.15) is 0 Å². The third-order valence-corrected chi connectivity index (χ3v) is 3.66. The smallest absolute Gasteiger partial charge is 0.303 e. The van der Waals surface area contributed by atoms with E-state index in [2.05, 4.69) is 10.5 Å². The maximum absolute atomic E-state index is 12.2. The van der Waals surface area contributed by atoms with Gasteiger partial charge in [-0.25, -0.2) is 0 Å². The molecule has 0 unspecified atom stereocenters. The van der Waals surface area contributed by atoms with Gasteiger partial charge in [0.05, 0.1) is 12.1 Å². The molecule has 6 nitrogen and oxygen atoms in total. The van der Waals surface area contributed by atoms with Gasteiger partial charge in [0, 0.05) is 17.5 Å². The number of nitrogens with one attached hydrogen (secondary N) is 1. The number of nitrogens with zero attached hydrogens (tertiary/aromatic N) is 1. The van der Waals surface area contributed by atoms with Crippen LogP contribution in [0.15, 0.2) is 29.4 Å². The van der Waals surface area contributed by atoms with Gasteiger partial charge in [-0.3, -0.25) is 9.59 Å². The quantitative estimate of drug-likeness (QED) is 0.388. The molecule has 0 saturated carbocycles. The van der Waals surface area contributed by atoms with Crippen molar-refractivity contribution in [3.8, 4) is 0 Å². The molecule has 0 bridgehead atoms. The SMILES string of the molecule is CCCC(C)(C)C(=O)Nc1ccc(/C(CCC(=O)O)=N\O)cc1. The molecule has 6 heteroatoms. The summed E-state index contributed by atoms with van der Waals surface area (Å²) in [5.41, 5.74) is 1.14. The number of aliphatic carboxylic acids is 1.